The van der Waals surface area contributed by atoms with E-state index in [0.29, 0.717) is 13.0 Å². The van der Waals surface area contributed by atoms with Gasteiger partial charge in [-0.05, 0) is 38.1 Å². The van der Waals surface area contributed by atoms with Crippen molar-refractivity contribution >= 4 is 33.5 Å². The minimum Gasteiger partial charge on any atom is -0.481 e. The molecular formula is C14H17BrN2O3. The van der Waals surface area contributed by atoms with Gasteiger partial charge in [0.1, 0.15) is 0 Å². The van der Waals surface area contributed by atoms with Crippen LogP contribution in [-0.2, 0) is 9.59 Å². The van der Waals surface area contributed by atoms with E-state index in [0.717, 1.165) is 10.2 Å². The van der Waals surface area contributed by atoms with Crippen LogP contribution in [0, 0.1) is 5.92 Å². The van der Waals surface area contributed by atoms with Crippen molar-refractivity contribution in [2.45, 2.75) is 19.4 Å². The van der Waals surface area contributed by atoms with Gasteiger partial charge in [0.25, 0.3) is 0 Å². The molecule has 0 bridgehead atoms. The Balaban J connectivity index is 1.91. The highest BCUT2D eigenvalue weighted by Crippen LogP contribution is 2.24. The van der Waals surface area contributed by atoms with Gasteiger partial charge in [-0.25, -0.2) is 0 Å². The lowest BCUT2D eigenvalue weighted by molar-refractivity contribution is -0.142. The second kappa shape index (κ2) is 6.37. The number of amides is 1. The van der Waals surface area contributed by atoms with E-state index in [4.69, 9.17) is 5.11 Å². The van der Waals surface area contributed by atoms with Crippen molar-refractivity contribution in [2.75, 3.05) is 18.4 Å². The molecule has 2 unspecified atom stereocenters. The molecule has 1 saturated heterocycles. The largest absolute Gasteiger partial charge is 0.481 e. The van der Waals surface area contributed by atoms with Crippen LogP contribution in [0.5, 0.6) is 0 Å². The van der Waals surface area contributed by atoms with Gasteiger partial charge in [-0.15, -0.1) is 0 Å². The Morgan fingerprint density at radius 1 is 1.50 bits per heavy atom. The summed E-state index contributed by atoms with van der Waals surface area (Å²) >= 11 is 3.35. The van der Waals surface area contributed by atoms with Gasteiger partial charge < -0.3 is 10.4 Å². The fourth-order valence-corrected chi connectivity index (χ4v) is 2.91. The molecule has 20 heavy (non-hydrogen) atoms. The normalized spacial score (nSPS) is 22.7. The van der Waals surface area contributed by atoms with Crippen LogP contribution in [0.25, 0.3) is 0 Å². The van der Waals surface area contributed by atoms with Crippen LogP contribution in [0.15, 0.2) is 28.7 Å². The number of hydrogen-bond acceptors (Lipinski definition) is 3. The molecule has 0 spiro atoms. The second-order valence-electron chi connectivity index (χ2n) is 5.00. The lowest BCUT2D eigenvalue weighted by Gasteiger charge is -2.22. The molecule has 2 rings (SSSR count). The van der Waals surface area contributed by atoms with Crippen molar-refractivity contribution in [1.29, 1.82) is 0 Å². The molecule has 1 aromatic rings. The van der Waals surface area contributed by atoms with E-state index in [1.807, 2.05) is 36.1 Å². The first kappa shape index (κ1) is 15.0. The smallest absolute Gasteiger partial charge is 0.308 e. The van der Waals surface area contributed by atoms with Crippen molar-refractivity contribution in [3.8, 4) is 0 Å². The monoisotopic (exact) mass is 340 g/mol. The third kappa shape index (κ3) is 3.58. The molecule has 0 saturated carbocycles. The predicted octanol–water partition coefficient (Wildman–Crippen LogP) is 2.18. The fourth-order valence-electron chi connectivity index (χ4n) is 2.51. The Morgan fingerprint density at radius 2 is 2.25 bits per heavy atom. The number of likely N-dealkylation sites (tertiary alicyclic amines) is 1. The van der Waals surface area contributed by atoms with E-state index < -0.39 is 5.97 Å². The molecule has 1 amide bonds. The fraction of sp³-hybridized carbons (Fsp3) is 0.429. The first-order valence-corrected chi connectivity index (χ1v) is 7.29. The maximum Gasteiger partial charge on any atom is 0.308 e. The van der Waals surface area contributed by atoms with Crippen LogP contribution in [0.2, 0.25) is 0 Å². The number of carboxylic acid groups (broad SMARTS) is 1. The summed E-state index contributed by atoms with van der Waals surface area (Å²) in [5, 5.41) is 11.9. The van der Waals surface area contributed by atoms with Gasteiger partial charge in [-0.1, -0.05) is 22.0 Å². The molecule has 2 N–H and O–H groups in total. The van der Waals surface area contributed by atoms with Crippen LogP contribution >= 0.6 is 15.9 Å². The lowest BCUT2D eigenvalue weighted by Crippen LogP contribution is -2.38. The summed E-state index contributed by atoms with van der Waals surface area (Å²) in [6.45, 7) is 2.72. The van der Waals surface area contributed by atoms with Crippen LogP contribution in [0.3, 0.4) is 0 Å². The third-order valence-electron chi connectivity index (χ3n) is 3.66. The van der Waals surface area contributed by atoms with Crippen LogP contribution in [-0.4, -0.2) is 41.0 Å². The third-order valence-corrected chi connectivity index (χ3v) is 4.15. The minimum absolute atomic E-state index is 0.110. The van der Waals surface area contributed by atoms with E-state index in [1.54, 1.807) is 0 Å². The summed E-state index contributed by atoms with van der Waals surface area (Å²) in [6, 6.07) is 7.26. The van der Waals surface area contributed by atoms with Crippen molar-refractivity contribution < 1.29 is 14.7 Å². The molecule has 1 fully saturated rings. The number of hydrogen-bond donors (Lipinski definition) is 2. The second-order valence-corrected chi connectivity index (χ2v) is 5.92. The molecule has 1 heterocycles. The molecule has 108 valence electrons. The average molecular weight is 341 g/mol. The number of nitrogens with zero attached hydrogens (tertiary/aromatic N) is 1. The summed E-state index contributed by atoms with van der Waals surface area (Å²) in [6.07, 6.45) is 0.598. The average Bonchev–Trinajstić information content (AvgIpc) is 2.71. The zero-order valence-corrected chi connectivity index (χ0v) is 12.8. The summed E-state index contributed by atoms with van der Waals surface area (Å²) in [5.41, 5.74) is 0.728. The molecule has 1 aromatic carbocycles. The van der Waals surface area contributed by atoms with Crippen molar-refractivity contribution in [3.05, 3.63) is 28.7 Å². The van der Waals surface area contributed by atoms with Crippen molar-refractivity contribution in [1.82, 2.24) is 4.90 Å². The summed E-state index contributed by atoms with van der Waals surface area (Å²) in [5.74, 6) is -1.29. The van der Waals surface area contributed by atoms with Gasteiger partial charge in [-0.2, -0.15) is 0 Å². The number of aliphatic carboxylic acids is 1. The van der Waals surface area contributed by atoms with Gasteiger partial charge in [0.15, 0.2) is 0 Å². The first-order valence-electron chi connectivity index (χ1n) is 6.49. The van der Waals surface area contributed by atoms with E-state index in [2.05, 4.69) is 21.2 Å². The Morgan fingerprint density at radius 3 is 2.85 bits per heavy atom. The summed E-state index contributed by atoms with van der Waals surface area (Å²) < 4.78 is 0.899. The SMILES string of the molecule is CC1C(C(=O)O)CCN1CC(=O)Nc1cccc(Br)c1. The van der Waals surface area contributed by atoms with E-state index >= 15 is 0 Å². The highest BCUT2D eigenvalue weighted by Gasteiger charge is 2.36. The van der Waals surface area contributed by atoms with Gasteiger partial charge in [-0.3, -0.25) is 14.5 Å². The molecule has 0 aromatic heterocycles. The maximum atomic E-state index is 12.0. The number of carbonyl (C=O) groups is 2. The van der Waals surface area contributed by atoms with Crippen LogP contribution in [0.4, 0.5) is 5.69 Å². The standard InChI is InChI=1S/C14H17BrN2O3/c1-9-12(14(19)20)5-6-17(9)8-13(18)16-11-4-2-3-10(15)7-11/h2-4,7,9,12H,5-6,8H2,1H3,(H,16,18)(H,19,20). The number of nitrogens with one attached hydrogen (secondary N) is 1. The number of carbonyl (C=O) groups excluding carboxylic acids is 1. The Kier molecular flexibility index (Phi) is 4.77. The molecule has 0 radical (unpaired) electrons. The highest BCUT2D eigenvalue weighted by atomic mass is 79.9. The zero-order chi connectivity index (χ0) is 14.7. The maximum absolute atomic E-state index is 12.0. The van der Waals surface area contributed by atoms with E-state index in [1.165, 1.54) is 0 Å². The molecule has 6 heteroatoms. The Labute approximate surface area is 126 Å². The van der Waals surface area contributed by atoms with Gasteiger partial charge in [0.2, 0.25) is 5.91 Å². The molecular weight excluding hydrogens is 324 g/mol. The summed E-state index contributed by atoms with van der Waals surface area (Å²) in [4.78, 5) is 24.9. The summed E-state index contributed by atoms with van der Waals surface area (Å²) in [7, 11) is 0. The van der Waals surface area contributed by atoms with Crippen LogP contribution < -0.4 is 5.32 Å². The number of carboxylic acids is 1. The highest BCUT2D eigenvalue weighted by molar-refractivity contribution is 9.10. The van der Waals surface area contributed by atoms with Gasteiger partial charge >= 0.3 is 5.97 Å². The van der Waals surface area contributed by atoms with Gasteiger partial charge in [0.05, 0.1) is 12.5 Å². The van der Waals surface area contributed by atoms with Gasteiger partial charge in [0, 0.05) is 16.2 Å². The first-order chi connectivity index (χ1) is 9.47. The molecule has 1 aliphatic heterocycles. The molecule has 2 atom stereocenters. The van der Waals surface area contributed by atoms with Crippen molar-refractivity contribution in [3.63, 3.8) is 0 Å². The van der Waals surface area contributed by atoms with E-state index in [9.17, 15) is 9.59 Å². The predicted molar refractivity (Wildman–Crippen MR) is 79.5 cm³/mol. The molecule has 1 aliphatic rings. The molecule has 5 nitrogen and oxygen atoms in total. The van der Waals surface area contributed by atoms with Crippen molar-refractivity contribution in [2.24, 2.45) is 5.92 Å². The lowest BCUT2D eigenvalue weighted by atomic mass is 10.0. The number of rotatable bonds is 4. The molecule has 0 aliphatic carbocycles. The number of benzene rings is 1. The quantitative estimate of drug-likeness (QED) is 0.881. The Bertz CT molecular complexity index is 521. The topological polar surface area (TPSA) is 69.6 Å². The number of anilines is 1. The number of halogens is 1. The Hall–Kier alpha value is -1.40. The van der Waals surface area contributed by atoms with E-state index in [-0.39, 0.29) is 24.4 Å². The zero-order valence-electron chi connectivity index (χ0n) is 11.2. The minimum atomic E-state index is -0.785. The van der Waals surface area contributed by atoms with Crippen LogP contribution in [0.1, 0.15) is 13.3 Å².